The van der Waals surface area contributed by atoms with Gasteiger partial charge >= 0.3 is 0 Å². The SMILES string of the molecule is Oc1c(CCCCCc2cn[nH]n2)ccn(-c2ccccc2)c1=S. The van der Waals surface area contributed by atoms with Crippen molar-refractivity contribution in [2.45, 2.75) is 32.1 Å². The number of H-pyrrole nitrogens is 1. The van der Waals surface area contributed by atoms with Gasteiger partial charge in [0.2, 0.25) is 0 Å². The second-order valence-corrected chi connectivity index (χ2v) is 6.11. The molecule has 5 nitrogen and oxygen atoms in total. The summed E-state index contributed by atoms with van der Waals surface area (Å²) >= 11 is 5.41. The average Bonchev–Trinajstić information content (AvgIpc) is 3.12. The summed E-state index contributed by atoms with van der Waals surface area (Å²) < 4.78 is 2.29. The quantitative estimate of drug-likeness (QED) is 0.504. The number of aromatic hydroxyl groups is 1. The Bertz CT molecular complexity index is 828. The van der Waals surface area contributed by atoms with Crippen LogP contribution < -0.4 is 0 Å². The third-order valence-corrected chi connectivity index (χ3v) is 4.42. The van der Waals surface area contributed by atoms with Gasteiger partial charge < -0.3 is 9.67 Å². The molecule has 0 spiro atoms. The fourth-order valence-corrected chi connectivity index (χ4v) is 3.00. The predicted octanol–water partition coefficient (Wildman–Crippen LogP) is 3.99. The Morgan fingerprint density at radius 2 is 1.83 bits per heavy atom. The Labute approximate surface area is 146 Å². The van der Waals surface area contributed by atoms with Crippen LogP contribution in [0, 0.1) is 4.64 Å². The molecule has 3 aromatic rings. The van der Waals surface area contributed by atoms with Gasteiger partial charge in [-0.25, -0.2) is 0 Å². The fourth-order valence-electron chi connectivity index (χ4n) is 2.70. The van der Waals surface area contributed by atoms with Crippen molar-refractivity contribution in [3.8, 4) is 11.4 Å². The molecule has 0 radical (unpaired) electrons. The zero-order valence-corrected chi connectivity index (χ0v) is 14.2. The van der Waals surface area contributed by atoms with Gasteiger partial charge in [-0.1, -0.05) is 36.8 Å². The van der Waals surface area contributed by atoms with Crippen LogP contribution in [0.1, 0.15) is 30.5 Å². The Morgan fingerprint density at radius 1 is 1.04 bits per heavy atom. The standard InChI is InChI=1S/C18H20N4OS/c23-17-14(7-3-1-4-8-15-13-19-21-20-15)11-12-22(18(17)24)16-9-5-2-6-10-16/h2,5-6,9-13,23H,1,3-4,7-8H2,(H,19,20,21). The van der Waals surface area contributed by atoms with Crippen LogP contribution in [0.15, 0.2) is 48.8 Å². The zero-order valence-electron chi connectivity index (χ0n) is 13.4. The molecule has 0 aliphatic rings. The molecule has 0 unspecified atom stereocenters. The van der Waals surface area contributed by atoms with Gasteiger partial charge in [0.1, 0.15) is 0 Å². The first-order chi connectivity index (χ1) is 11.8. The Hall–Kier alpha value is -2.47. The molecule has 124 valence electrons. The van der Waals surface area contributed by atoms with E-state index in [1.54, 1.807) is 6.20 Å². The average molecular weight is 340 g/mol. The van der Waals surface area contributed by atoms with Crippen molar-refractivity contribution in [3.05, 3.63) is 64.7 Å². The maximum Gasteiger partial charge on any atom is 0.154 e. The van der Waals surface area contributed by atoms with Gasteiger partial charge in [-0.2, -0.15) is 15.4 Å². The number of aryl methyl sites for hydroxylation is 2. The first-order valence-electron chi connectivity index (χ1n) is 8.09. The summed E-state index contributed by atoms with van der Waals surface area (Å²) in [6.45, 7) is 0. The molecular weight excluding hydrogens is 320 g/mol. The highest BCUT2D eigenvalue weighted by Crippen LogP contribution is 2.23. The Balaban J connectivity index is 1.58. The molecule has 0 bridgehead atoms. The number of pyridine rings is 1. The first-order valence-corrected chi connectivity index (χ1v) is 8.50. The van der Waals surface area contributed by atoms with E-state index in [1.807, 2.05) is 47.2 Å². The Kier molecular flexibility index (Phi) is 5.38. The molecular formula is C18H20N4OS. The van der Waals surface area contributed by atoms with E-state index >= 15 is 0 Å². The number of nitrogens with one attached hydrogen (secondary N) is 1. The van der Waals surface area contributed by atoms with Crippen LogP contribution in [0.3, 0.4) is 0 Å². The highest BCUT2D eigenvalue weighted by molar-refractivity contribution is 7.71. The maximum absolute atomic E-state index is 10.4. The lowest BCUT2D eigenvalue weighted by Crippen LogP contribution is -1.99. The van der Waals surface area contributed by atoms with E-state index in [0.717, 1.165) is 49.0 Å². The number of unbranched alkanes of at least 4 members (excludes halogenated alkanes) is 2. The van der Waals surface area contributed by atoms with E-state index in [9.17, 15) is 5.11 Å². The topological polar surface area (TPSA) is 66.7 Å². The third-order valence-electron chi connectivity index (χ3n) is 4.03. The van der Waals surface area contributed by atoms with Crippen LogP contribution in [-0.4, -0.2) is 25.1 Å². The van der Waals surface area contributed by atoms with Crippen molar-refractivity contribution in [2.24, 2.45) is 0 Å². The van der Waals surface area contributed by atoms with E-state index in [4.69, 9.17) is 12.2 Å². The summed E-state index contributed by atoms with van der Waals surface area (Å²) in [4.78, 5) is 0. The fraction of sp³-hybridized carbons (Fsp3) is 0.278. The van der Waals surface area contributed by atoms with Gasteiger partial charge in [0.15, 0.2) is 10.4 Å². The molecule has 0 atom stereocenters. The van der Waals surface area contributed by atoms with E-state index in [-0.39, 0.29) is 5.75 Å². The van der Waals surface area contributed by atoms with Crippen molar-refractivity contribution in [1.29, 1.82) is 0 Å². The van der Waals surface area contributed by atoms with Gasteiger partial charge in [-0.05, 0) is 49.4 Å². The van der Waals surface area contributed by atoms with E-state index in [0.29, 0.717) is 4.64 Å². The van der Waals surface area contributed by atoms with Gasteiger partial charge in [-0.15, -0.1) is 0 Å². The number of hydrogen-bond donors (Lipinski definition) is 2. The predicted molar refractivity (Wildman–Crippen MR) is 95.9 cm³/mol. The summed E-state index contributed by atoms with van der Waals surface area (Å²) in [6.07, 6.45) is 8.59. The van der Waals surface area contributed by atoms with Crippen molar-refractivity contribution < 1.29 is 5.11 Å². The molecule has 2 N–H and O–H groups in total. The first kappa shape index (κ1) is 16.4. The van der Waals surface area contributed by atoms with E-state index in [2.05, 4.69) is 15.4 Å². The highest BCUT2D eigenvalue weighted by Gasteiger charge is 2.07. The number of hydrogen-bond acceptors (Lipinski definition) is 4. The number of aromatic amines is 1. The second-order valence-electron chi connectivity index (χ2n) is 5.72. The molecule has 1 aromatic carbocycles. The van der Waals surface area contributed by atoms with Gasteiger partial charge in [-0.3, -0.25) is 0 Å². The molecule has 0 saturated carbocycles. The molecule has 0 fully saturated rings. The largest absolute Gasteiger partial charge is 0.505 e. The number of nitrogens with zero attached hydrogens (tertiary/aromatic N) is 3. The summed E-state index contributed by atoms with van der Waals surface area (Å²) in [5, 5.41) is 20.9. The number of aromatic nitrogens is 4. The monoisotopic (exact) mass is 340 g/mol. The van der Waals surface area contributed by atoms with Crippen LogP contribution in [0.25, 0.3) is 5.69 Å². The minimum Gasteiger partial charge on any atom is -0.505 e. The summed E-state index contributed by atoms with van der Waals surface area (Å²) in [6, 6.07) is 11.8. The number of benzene rings is 1. The molecule has 0 saturated heterocycles. The summed E-state index contributed by atoms with van der Waals surface area (Å²) in [5.74, 6) is 0.216. The van der Waals surface area contributed by atoms with E-state index < -0.39 is 0 Å². The van der Waals surface area contributed by atoms with Crippen LogP contribution in [0.2, 0.25) is 0 Å². The van der Waals surface area contributed by atoms with Crippen molar-refractivity contribution in [2.75, 3.05) is 0 Å². The molecule has 2 heterocycles. The zero-order chi connectivity index (χ0) is 16.8. The molecule has 0 aliphatic heterocycles. The molecule has 24 heavy (non-hydrogen) atoms. The second kappa shape index (κ2) is 7.88. The molecule has 3 rings (SSSR count). The van der Waals surface area contributed by atoms with Crippen molar-refractivity contribution in [3.63, 3.8) is 0 Å². The van der Waals surface area contributed by atoms with Gasteiger partial charge in [0, 0.05) is 11.9 Å². The van der Waals surface area contributed by atoms with Crippen LogP contribution >= 0.6 is 12.2 Å². The van der Waals surface area contributed by atoms with Crippen LogP contribution in [0.5, 0.6) is 5.75 Å². The van der Waals surface area contributed by atoms with Crippen LogP contribution in [0.4, 0.5) is 0 Å². The Morgan fingerprint density at radius 3 is 2.58 bits per heavy atom. The van der Waals surface area contributed by atoms with E-state index in [1.165, 1.54) is 0 Å². The van der Waals surface area contributed by atoms with Crippen LogP contribution in [-0.2, 0) is 12.8 Å². The minimum absolute atomic E-state index is 0.216. The third kappa shape index (κ3) is 3.89. The lowest BCUT2D eigenvalue weighted by Gasteiger charge is -2.11. The van der Waals surface area contributed by atoms with Crippen molar-refractivity contribution >= 4 is 12.2 Å². The molecule has 0 aliphatic carbocycles. The number of para-hydroxylation sites is 1. The highest BCUT2D eigenvalue weighted by atomic mass is 32.1. The number of rotatable bonds is 7. The minimum atomic E-state index is 0.216. The summed E-state index contributed by atoms with van der Waals surface area (Å²) in [7, 11) is 0. The summed E-state index contributed by atoms with van der Waals surface area (Å²) in [5.41, 5.74) is 2.86. The smallest absolute Gasteiger partial charge is 0.154 e. The molecule has 0 amide bonds. The van der Waals surface area contributed by atoms with Gasteiger partial charge in [0.25, 0.3) is 0 Å². The lowest BCUT2D eigenvalue weighted by molar-refractivity contribution is 0.458. The molecule has 6 heteroatoms. The van der Waals surface area contributed by atoms with Crippen molar-refractivity contribution in [1.82, 2.24) is 20.0 Å². The lowest BCUT2D eigenvalue weighted by atomic mass is 10.1. The normalized spacial score (nSPS) is 10.8. The molecule has 2 aromatic heterocycles. The maximum atomic E-state index is 10.4. The van der Waals surface area contributed by atoms with Gasteiger partial charge in [0.05, 0.1) is 11.9 Å².